The maximum absolute atomic E-state index is 9.94. The Labute approximate surface area is 40.8 Å². The van der Waals surface area contributed by atoms with E-state index in [-0.39, 0.29) is 6.42 Å². The summed E-state index contributed by atoms with van der Waals surface area (Å²) in [6.45, 7) is 0. The van der Waals surface area contributed by atoms with Crippen molar-refractivity contribution in [3.8, 4) is 0 Å². The molecule has 0 aromatic carbocycles. The number of carbonyl (C=O) groups is 2. The Bertz CT molecular complexity index is 97.9. The number of ketones is 1. The zero-order valence-electron chi connectivity index (χ0n) is 3.68. The lowest BCUT2D eigenvalue weighted by molar-refractivity contribution is -0.117. The molecule has 0 unspecified atom stereocenters. The average Bonchev–Trinajstić information content (AvgIpc) is 1.68. The van der Waals surface area contributed by atoms with Crippen molar-refractivity contribution in [2.24, 2.45) is 0 Å². The zero-order chi connectivity index (χ0) is 5.70. The number of hydrogen-bond acceptors (Lipinski definition) is 3. The van der Waals surface area contributed by atoms with E-state index in [2.05, 4.69) is 0 Å². The third kappa shape index (κ3) is 2.82. The van der Waals surface area contributed by atoms with Gasteiger partial charge in [0.05, 0.1) is 12.6 Å². The van der Waals surface area contributed by atoms with Gasteiger partial charge in [0.2, 0.25) is 0 Å². The Morgan fingerprint density at radius 3 is 2.43 bits per heavy atom. The SMILES string of the molecule is N=CC(=O)CC=O. The van der Waals surface area contributed by atoms with Crippen LogP contribution in [0, 0.1) is 5.41 Å². The van der Waals surface area contributed by atoms with Crippen LogP contribution < -0.4 is 0 Å². The summed E-state index contributed by atoms with van der Waals surface area (Å²) in [5.74, 6) is -0.449. The molecule has 0 aliphatic rings. The summed E-state index contributed by atoms with van der Waals surface area (Å²) in [5.41, 5.74) is 0. The molecule has 0 rings (SSSR count). The first kappa shape index (κ1) is 6.01. The van der Waals surface area contributed by atoms with Gasteiger partial charge in [0.1, 0.15) is 6.29 Å². The van der Waals surface area contributed by atoms with E-state index < -0.39 is 5.78 Å². The van der Waals surface area contributed by atoms with Gasteiger partial charge in [0, 0.05) is 0 Å². The average molecular weight is 99.1 g/mol. The molecule has 0 fully saturated rings. The number of hydrogen-bond donors (Lipinski definition) is 1. The molecule has 0 heterocycles. The number of Topliss-reactive ketones (excluding diaryl/α,β-unsaturated/α-hetero) is 1. The van der Waals surface area contributed by atoms with E-state index in [1.165, 1.54) is 0 Å². The van der Waals surface area contributed by atoms with Crippen LogP contribution in [0.2, 0.25) is 0 Å². The van der Waals surface area contributed by atoms with Crippen LogP contribution in [-0.4, -0.2) is 18.3 Å². The molecule has 0 aliphatic heterocycles. The van der Waals surface area contributed by atoms with Gasteiger partial charge in [-0.05, 0) is 0 Å². The molecule has 0 radical (unpaired) electrons. The minimum Gasteiger partial charge on any atom is -0.305 e. The highest BCUT2D eigenvalue weighted by molar-refractivity contribution is 6.28. The van der Waals surface area contributed by atoms with E-state index >= 15 is 0 Å². The zero-order valence-corrected chi connectivity index (χ0v) is 3.68. The van der Waals surface area contributed by atoms with Crippen molar-refractivity contribution in [3.05, 3.63) is 0 Å². The Kier molecular flexibility index (Phi) is 2.76. The second-order valence-electron chi connectivity index (χ2n) is 0.981. The number of aldehydes is 1. The summed E-state index contributed by atoms with van der Waals surface area (Å²) in [7, 11) is 0. The van der Waals surface area contributed by atoms with Gasteiger partial charge in [-0.3, -0.25) is 4.79 Å². The molecule has 0 aromatic heterocycles. The lowest BCUT2D eigenvalue weighted by Crippen LogP contribution is -1.96. The molecule has 0 bridgehead atoms. The van der Waals surface area contributed by atoms with Gasteiger partial charge >= 0.3 is 0 Å². The lowest BCUT2D eigenvalue weighted by atomic mass is 10.3. The molecule has 0 aliphatic carbocycles. The van der Waals surface area contributed by atoms with Crippen molar-refractivity contribution in [3.63, 3.8) is 0 Å². The fourth-order valence-electron chi connectivity index (χ4n) is 0.141. The van der Waals surface area contributed by atoms with E-state index in [0.717, 1.165) is 0 Å². The highest BCUT2D eigenvalue weighted by Crippen LogP contribution is 1.68. The van der Waals surface area contributed by atoms with E-state index in [0.29, 0.717) is 12.5 Å². The number of nitrogens with one attached hydrogen (secondary N) is 1. The van der Waals surface area contributed by atoms with Gasteiger partial charge in [0.15, 0.2) is 5.78 Å². The fraction of sp³-hybridized carbons (Fsp3) is 0.250. The van der Waals surface area contributed by atoms with Crippen LogP contribution in [0.25, 0.3) is 0 Å². The third-order valence-corrected chi connectivity index (χ3v) is 0.446. The van der Waals surface area contributed by atoms with Crippen LogP contribution >= 0.6 is 0 Å². The molecule has 0 saturated heterocycles. The first-order valence-corrected chi connectivity index (χ1v) is 1.78. The van der Waals surface area contributed by atoms with Crippen molar-refractivity contribution >= 4 is 18.3 Å². The maximum atomic E-state index is 9.94. The van der Waals surface area contributed by atoms with Crippen LogP contribution in [0.3, 0.4) is 0 Å². The maximum Gasteiger partial charge on any atom is 0.180 e. The van der Waals surface area contributed by atoms with Crippen molar-refractivity contribution in [1.29, 1.82) is 5.41 Å². The Balaban J connectivity index is 3.36. The molecule has 1 N–H and O–H groups in total. The molecular weight excluding hydrogens is 94.0 g/mol. The van der Waals surface area contributed by atoms with Gasteiger partial charge in [-0.1, -0.05) is 0 Å². The van der Waals surface area contributed by atoms with Gasteiger partial charge < -0.3 is 10.2 Å². The normalized spacial score (nSPS) is 7.43. The van der Waals surface area contributed by atoms with Gasteiger partial charge in [-0.2, -0.15) is 0 Å². The monoisotopic (exact) mass is 99.0 g/mol. The molecular formula is C4H5NO2. The summed E-state index contributed by atoms with van der Waals surface area (Å²) in [6.07, 6.45) is 0.950. The molecule has 0 aromatic rings. The van der Waals surface area contributed by atoms with E-state index in [9.17, 15) is 9.59 Å². The Morgan fingerprint density at radius 1 is 1.71 bits per heavy atom. The van der Waals surface area contributed by atoms with E-state index in [4.69, 9.17) is 5.41 Å². The summed E-state index contributed by atoms with van der Waals surface area (Å²) in [6, 6.07) is 0. The second kappa shape index (κ2) is 3.21. The summed E-state index contributed by atoms with van der Waals surface area (Å²) < 4.78 is 0. The first-order valence-electron chi connectivity index (χ1n) is 1.78. The van der Waals surface area contributed by atoms with Gasteiger partial charge in [-0.15, -0.1) is 0 Å². The Hall–Kier alpha value is -0.990. The smallest absolute Gasteiger partial charge is 0.180 e. The van der Waals surface area contributed by atoms with E-state index in [1.807, 2.05) is 0 Å². The molecule has 3 nitrogen and oxygen atoms in total. The highest BCUT2D eigenvalue weighted by atomic mass is 16.1. The van der Waals surface area contributed by atoms with E-state index in [1.54, 1.807) is 0 Å². The van der Waals surface area contributed by atoms with Crippen LogP contribution in [0.1, 0.15) is 6.42 Å². The van der Waals surface area contributed by atoms with Gasteiger partial charge in [0.25, 0.3) is 0 Å². The predicted octanol–water partition coefficient (Wildman–Crippen LogP) is -0.206. The van der Waals surface area contributed by atoms with Crippen molar-refractivity contribution in [2.45, 2.75) is 6.42 Å². The molecule has 0 amide bonds. The quantitative estimate of drug-likeness (QED) is 0.302. The molecule has 0 saturated carbocycles. The van der Waals surface area contributed by atoms with Crippen molar-refractivity contribution in [2.75, 3.05) is 0 Å². The molecule has 7 heavy (non-hydrogen) atoms. The fourth-order valence-corrected chi connectivity index (χ4v) is 0.141. The van der Waals surface area contributed by atoms with Crippen LogP contribution in [-0.2, 0) is 9.59 Å². The minimum atomic E-state index is -0.449. The topological polar surface area (TPSA) is 58.0 Å². The molecule has 38 valence electrons. The summed E-state index contributed by atoms with van der Waals surface area (Å²) in [5, 5.41) is 6.28. The second-order valence-corrected chi connectivity index (χ2v) is 0.981. The molecule has 3 heteroatoms. The van der Waals surface area contributed by atoms with Crippen molar-refractivity contribution in [1.82, 2.24) is 0 Å². The minimum absolute atomic E-state index is 0.163. The van der Waals surface area contributed by atoms with Crippen LogP contribution in [0.15, 0.2) is 0 Å². The Morgan fingerprint density at radius 2 is 2.29 bits per heavy atom. The predicted molar refractivity (Wildman–Crippen MR) is 24.5 cm³/mol. The highest BCUT2D eigenvalue weighted by Gasteiger charge is 1.89. The third-order valence-electron chi connectivity index (χ3n) is 0.446. The molecule has 0 atom stereocenters. The van der Waals surface area contributed by atoms with Gasteiger partial charge in [-0.25, -0.2) is 0 Å². The number of carbonyl (C=O) groups excluding carboxylic acids is 2. The van der Waals surface area contributed by atoms with Crippen LogP contribution in [0.4, 0.5) is 0 Å². The first-order chi connectivity index (χ1) is 3.31. The largest absolute Gasteiger partial charge is 0.305 e. The summed E-state index contributed by atoms with van der Waals surface area (Å²) >= 11 is 0. The lowest BCUT2D eigenvalue weighted by Gasteiger charge is -1.73. The number of rotatable bonds is 3. The van der Waals surface area contributed by atoms with Crippen molar-refractivity contribution < 1.29 is 9.59 Å². The summed E-state index contributed by atoms with van der Waals surface area (Å²) in [4.78, 5) is 19.4. The van der Waals surface area contributed by atoms with Crippen LogP contribution in [0.5, 0.6) is 0 Å². The standard InChI is InChI=1S/C4H5NO2/c5-3-4(7)1-2-6/h2-3,5H,1H2. The molecule has 0 spiro atoms.